The van der Waals surface area contributed by atoms with Crippen LogP contribution in [0.4, 0.5) is 4.79 Å². The number of carbonyl (C=O) groups is 1. The molecule has 2 heterocycles. The normalized spacial score (nSPS) is 23.1. The molecule has 3 aromatic rings. The van der Waals surface area contributed by atoms with Crippen LogP contribution in [0.15, 0.2) is 60.7 Å². The van der Waals surface area contributed by atoms with Gasteiger partial charge in [-0.25, -0.2) is 4.79 Å². The fraction of sp³-hybridized carbons (Fsp3) is 0.182. The summed E-state index contributed by atoms with van der Waals surface area (Å²) in [5.74, 6) is 1.16. The van der Waals surface area contributed by atoms with Crippen molar-refractivity contribution in [3.8, 4) is 11.5 Å². The third-order valence-electron chi connectivity index (χ3n) is 5.51. The lowest BCUT2D eigenvalue weighted by Gasteiger charge is -2.43. The van der Waals surface area contributed by atoms with E-state index in [2.05, 4.69) is 22.8 Å². The molecule has 3 unspecified atom stereocenters. The van der Waals surface area contributed by atoms with Crippen molar-refractivity contribution in [3.05, 3.63) is 71.8 Å². The Labute approximate surface area is 162 Å². The maximum atomic E-state index is 11.9. The molecule has 1 saturated heterocycles. The summed E-state index contributed by atoms with van der Waals surface area (Å²) in [5.41, 5.74) is 2.08. The second-order valence-electron chi connectivity index (χ2n) is 7.03. The fourth-order valence-corrected chi connectivity index (χ4v) is 4.26. The summed E-state index contributed by atoms with van der Waals surface area (Å²) in [6.07, 6.45) is -0.595. The zero-order valence-electron chi connectivity index (χ0n) is 15.2. The smallest absolute Gasteiger partial charge is 0.322 e. The van der Waals surface area contributed by atoms with E-state index < -0.39 is 12.3 Å². The molecule has 0 saturated carbocycles. The highest BCUT2D eigenvalue weighted by Crippen LogP contribution is 2.47. The Morgan fingerprint density at radius 2 is 1.82 bits per heavy atom. The van der Waals surface area contributed by atoms with Gasteiger partial charge in [-0.05, 0) is 34.5 Å². The van der Waals surface area contributed by atoms with E-state index in [1.54, 1.807) is 7.11 Å². The van der Waals surface area contributed by atoms with Crippen LogP contribution < -0.4 is 20.1 Å². The maximum Gasteiger partial charge on any atom is 0.322 e. The first-order valence-electron chi connectivity index (χ1n) is 9.14. The second-order valence-corrected chi connectivity index (χ2v) is 7.03. The Kier molecular flexibility index (Phi) is 3.72. The highest BCUT2D eigenvalue weighted by molar-refractivity contribution is 6.01. The first kappa shape index (κ1) is 16.6. The number of benzene rings is 3. The number of amidine groups is 1. The molecule has 6 heteroatoms. The van der Waals surface area contributed by atoms with E-state index in [1.807, 2.05) is 48.5 Å². The first-order chi connectivity index (χ1) is 13.7. The number of rotatable bonds is 2. The third-order valence-corrected chi connectivity index (χ3v) is 5.51. The van der Waals surface area contributed by atoms with Crippen LogP contribution in [0, 0.1) is 11.3 Å². The molecule has 1 fully saturated rings. The molecular formula is C22H19N3O3. The standard InChI is InChI=1S/C22H19N3O3/c1-27-14-9-6-13(7-10-14)17-18-15-5-3-2-4-12(15)8-11-16(18)28-21-19(17)20(23)24-22(26)25-21/h2-11,17,19,21H,1H3,(H3,23,24,25,26). The molecule has 140 valence electrons. The highest BCUT2D eigenvalue weighted by Gasteiger charge is 2.46. The summed E-state index contributed by atoms with van der Waals surface area (Å²) in [4.78, 5) is 11.9. The molecule has 2 amide bonds. The number of amides is 2. The molecule has 0 aliphatic carbocycles. The summed E-state index contributed by atoms with van der Waals surface area (Å²) in [6, 6.07) is 19.6. The third kappa shape index (κ3) is 2.49. The Morgan fingerprint density at radius 1 is 1.04 bits per heavy atom. The number of nitrogens with one attached hydrogen (secondary N) is 3. The average molecular weight is 373 g/mol. The number of methoxy groups -OCH3 is 1. The van der Waals surface area contributed by atoms with Crippen LogP contribution in [0.3, 0.4) is 0 Å². The molecule has 0 aromatic heterocycles. The number of hydrogen-bond donors (Lipinski definition) is 3. The van der Waals surface area contributed by atoms with Gasteiger partial charge in [-0.1, -0.05) is 42.5 Å². The van der Waals surface area contributed by atoms with Gasteiger partial charge in [0, 0.05) is 11.5 Å². The Balaban J connectivity index is 1.75. The van der Waals surface area contributed by atoms with Crippen molar-refractivity contribution < 1.29 is 14.3 Å². The molecule has 2 aliphatic rings. The highest BCUT2D eigenvalue weighted by atomic mass is 16.5. The lowest BCUT2D eigenvalue weighted by atomic mass is 9.74. The predicted octanol–water partition coefficient (Wildman–Crippen LogP) is 3.61. The van der Waals surface area contributed by atoms with Crippen molar-refractivity contribution in [1.29, 1.82) is 5.41 Å². The topological polar surface area (TPSA) is 83.4 Å². The van der Waals surface area contributed by atoms with Gasteiger partial charge in [-0.15, -0.1) is 0 Å². The van der Waals surface area contributed by atoms with Gasteiger partial charge < -0.3 is 14.8 Å². The summed E-state index contributed by atoms with van der Waals surface area (Å²) in [7, 11) is 1.64. The minimum atomic E-state index is -0.595. The van der Waals surface area contributed by atoms with Crippen LogP contribution >= 0.6 is 0 Å². The molecule has 0 spiro atoms. The molecule has 5 rings (SSSR count). The van der Waals surface area contributed by atoms with Crippen molar-refractivity contribution in [2.75, 3.05) is 7.11 Å². The Hall–Kier alpha value is -3.54. The SMILES string of the molecule is COc1ccc(C2c3c(ccc4ccccc34)OC3NC(=O)NC(=N)C32)cc1. The van der Waals surface area contributed by atoms with E-state index in [0.717, 1.165) is 33.4 Å². The molecule has 3 aromatic carbocycles. The van der Waals surface area contributed by atoms with E-state index >= 15 is 0 Å². The first-order valence-corrected chi connectivity index (χ1v) is 9.14. The molecule has 0 bridgehead atoms. The van der Waals surface area contributed by atoms with Crippen LogP contribution in [0.2, 0.25) is 0 Å². The second kappa shape index (κ2) is 6.27. The molecule has 2 aliphatic heterocycles. The summed E-state index contributed by atoms with van der Waals surface area (Å²) < 4.78 is 11.4. The summed E-state index contributed by atoms with van der Waals surface area (Å²) in [5, 5.41) is 16.1. The van der Waals surface area contributed by atoms with E-state index in [9.17, 15) is 4.79 Å². The van der Waals surface area contributed by atoms with Crippen LogP contribution in [0.5, 0.6) is 11.5 Å². The number of urea groups is 1. The number of fused-ring (bicyclic) bond motifs is 4. The van der Waals surface area contributed by atoms with Crippen LogP contribution in [-0.2, 0) is 0 Å². The summed E-state index contributed by atoms with van der Waals surface area (Å²) in [6.45, 7) is 0. The molecule has 0 radical (unpaired) electrons. The van der Waals surface area contributed by atoms with Gasteiger partial charge in [0.25, 0.3) is 0 Å². The molecule has 6 nitrogen and oxygen atoms in total. The van der Waals surface area contributed by atoms with Crippen molar-refractivity contribution in [2.24, 2.45) is 5.92 Å². The van der Waals surface area contributed by atoms with Gasteiger partial charge in [-0.2, -0.15) is 0 Å². The zero-order valence-corrected chi connectivity index (χ0v) is 15.2. The molecule has 3 N–H and O–H groups in total. The largest absolute Gasteiger partial charge is 0.497 e. The molecular weight excluding hydrogens is 354 g/mol. The van der Waals surface area contributed by atoms with Crippen LogP contribution in [0.25, 0.3) is 10.8 Å². The number of ether oxygens (including phenoxy) is 2. The van der Waals surface area contributed by atoms with Crippen molar-refractivity contribution in [3.63, 3.8) is 0 Å². The van der Waals surface area contributed by atoms with E-state index in [4.69, 9.17) is 14.9 Å². The van der Waals surface area contributed by atoms with E-state index in [0.29, 0.717) is 0 Å². The van der Waals surface area contributed by atoms with Gasteiger partial charge in [0.15, 0.2) is 6.23 Å². The van der Waals surface area contributed by atoms with Crippen molar-refractivity contribution in [2.45, 2.75) is 12.1 Å². The number of carbonyl (C=O) groups excluding carboxylic acids is 1. The maximum absolute atomic E-state index is 11.9. The fourth-order valence-electron chi connectivity index (χ4n) is 4.26. The Bertz CT molecular complexity index is 1090. The van der Waals surface area contributed by atoms with Crippen molar-refractivity contribution >= 4 is 22.6 Å². The number of hydrogen-bond acceptors (Lipinski definition) is 4. The lowest BCUT2D eigenvalue weighted by molar-refractivity contribution is 0.100. The van der Waals surface area contributed by atoms with Gasteiger partial charge in [0.1, 0.15) is 17.3 Å². The van der Waals surface area contributed by atoms with Crippen molar-refractivity contribution in [1.82, 2.24) is 10.6 Å². The van der Waals surface area contributed by atoms with Gasteiger partial charge in [0.05, 0.1) is 13.0 Å². The quantitative estimate of drug-likeness (QED) is 0.642. The minimum Gasteiger partial charge on any atom is -0.497 e. The lowest BCUT2D eigenvalue weighted by Crippen LogP contribution is -2.62. The molecule has 28 heavy (non-hydrogen) atoms. The predicted molar refractivity (Wildman–Crippen MR) is 106 cm³/mol. The van der Waals surface area contributed by atoms with Gasteiger partial charge >= 0.3 is 6.03 Å². The summed E-state index contributed by atoms with van der Waals surface area (Å²) >= 11 is 0. The van der Waals surface area contributed by atoms with Gasteiger partial charge in [0.2, 0.25) is 0 Å². The Morgan fingerprint density at radius 3 is 2.61 bits per heavy atom. The van der Waals surface area contributed by atoms with Crippen LogP contribution in [-0.4, -0.2) is 25.2 Å². The molecule has 3 atom stereocenters. The monoisotopic (exact) mass is 373 g/mol. The zero-order chi connectivity index (χ0) is 19.3. The van der Waals surface area contributed by atoms with Gasteiger partial charge in [-0.3, -0.25) is 10.7 Å². The van der Waals surface area contributed by atoms with E-state index in [-0.39, 0.29) is 17.7 Å². The minimum absolute atomic E-state index is 0.147. The van der Waals surface area contributed by atoms with E-state index in [1.165, 1.54) is 0 Å². The average Bonchev–Trinajstić information content (AvgIpc) is 2.72. The van der Waals surface area contributed by atoms with Crippen LogP contribution in [0.1, 0.15) is 17.0 Å².